The van der Waals surface area contributed by atoms with Gasteiger partial charge in [-0.2, -0.15) is 13.2 Å². The van der Waals surface area contributed by atoms with Crippen molar-refractivity contribution in [2.75, 3.05) is 19.2 Å². The van der Waals surface area contributed by atoms with Gasteiger partial charge < -0.3 is 4.74 Å². The largest absolute Gasteiger partial charge is 0.497 e. The summed E-state index contributed by atoms with van der Waals surface area (Å²) in [5.74, 6) is 0.622. The Morgan fingerprint density at radius 1 is 1.20 bits per heavy atom. The number of benzene rings is 1. The van der Waals surface area contributed by atoms with Gasteiger partial charge in [0.25, 0.3) is 0 Å². The van der Waals surface area contributed by atoms with E-state index in [1.165, 1.54) is 7.11 Å². The smallest absolute Gasteiger partial charge is 0.414 e. The number of hydrogen-bond donors (Lipinski definition) is 1. The molecule has 0 aliphatic rings. The van der Waals surface area contributed by atoms with E-state index in [1.54, 1.807) is 24.3 Å². The predicted molar refractivity (Wildman–Crippen MR) is 48.6 cm³/mol. The van der Waals surface area contributed by atoms with Crippen molar-refractivity contribution >= 4 is 5.69 Å². The maximum Gasteiger partial charge on any atom is 0.414 e. The highest BCUT2D eigenvalue weighted by atomic mass is 19.4. The van der Waals surface area contributed by atoms with Gasteiger partial charge in [-0.15, -0.1) is 0 Å². The molecule has 0 spiro atoms. The summed E-state index contributed by atoms with van der Waals surface area (Å²) < 4.78 is 40.0. The molecule has 0 heterocycles. The molecule has 0 fully saturated rings. The minimum absolute atomic E-state index is 0.431. The van der Waals surface area contributed by atoms with Gasteiger partial charge in [-0.3, -0.25) is 10.3 Å². The summed E-state index contributed by atoms with van der Waals surface area (Å²) in [5, 5.41) is 0. The number of methoxy groups -OCH3 is 1. The van der Waals surface area contributed by atoms with Crippen LogP contribution in [0.2, 0.25) is 0 Å². The molecule has 0 unspecified atom stereocenters. The summed E-state index contributed by atoms with van der Waals surface area (Å²) in [4.78, 5) is 4.24. The van der Waals surface area contributed by atoms with Crippen LogP contribution in [-0.4, -0.2) is 19.9 Å². The zero-order valence-corrected chi connectivity index (χ0v) is 7.97. The van der Waals surface area contributed by atoms with Crippen LogP contribution in [0.1, 0.15) is 0 Å². The maximum atomic E-state index is 11.7. The molecule has 3 nitrogen and oxygen atoms in total. The highest BCUT2D eigenvalue weighted by Gasteiger charge is 2.27. The van der Waals surface area contributed by atoms with Crippen molar-refractivity contribution in [3.63, 3.8) is 0 Å². The summed E-state index contributed by atoms with van der Waals surface area (Å²) in [6.45, 7) is -1.33. The van der Waals surface area contributed by atoms with Crippen molar-refractivity contribution in [3.8, 4) is 5.75 Å². The fourth-order valence-corrected chi connectivity index (χ4v) is 0.860. The first kappa shape index (κ1) is 11.6. The van der Waals surface area contributed by atoms with Gasteiger partial charge >= 0.3 is 6.18 Å². The number of alkyl halides is 3. The first-order chi connectivity index (χ1) is 7.01. The van der Waals surface area contributed by atoms with E-state index < -0.39 is 12.8 Å². The van der Waals surface area contributed by atoms with E-state index >= 15 is 0 Å². The Morgan fingerprint density at radius 3 is 2.27 bits per heavy atom. The van der Waals surface area contributed by atoms with Gasteiger partial charge in [-0.25, -0.2) is 0 Å². The molecule has 0 bridgehead atoms. The Bertz CT molecular complexity index is 297. The van der Waals surface area contributed by atoms with Crippen LogP contribution in [0, 0.1) is 0 Å². The van der Waals surface area contributed by atoms with Crippen LogP contribution < -0.4 is 10.2 Å². The van der Waals surface area contributed by atoms with Crippen LogP contribution in [0.15, 0.2) is 24.3 Å². The first-order valence-electron chi connectivity index (χ1n) is 4.10. The molecule has 1 aromatic rings. The van der Waals surface area contributed by atoms with Crippen LogP contribution in [0.4, 0.5) is 18.9 Å². The number of nitrogens with one attached hydrogen (secondary N) is 1. The molecule has 0 saturated carbocycles. The third-order valence-corrected chi connectivity index (χ3v) is 1.52. The van der Waals surface area contributed by atoms with Gasteiger partial charge in [0.2, 0.25) is 0 Å². The van der Waals surface area contributed by atoms with Crippen molar-refractivity contribution in [2.45, 2.75) is 6.18 Å². The lowest BCUT2D eigenvalue weighted by atomic mass is 10.3. The number of ether oxygens (including phenoxy) is 1. The fourth-order valence-electron chi connectivity index (χ4n) is 0.860. The van der Waals surface area contributed by atoms with Crippen LogP contribution in [0.25, 0.3) is 0 Å². The van der Waals surface area contributed by atoms with E-state index in [9.17, 15) is 13.2 Å². The second kappa shape index (κ2) is 4.88. The lowest BCUT2D eigenvalue weighted by Gasteiger charge is -2.09. The average molecular weight is 221 g/mol. The van der Waals surface area contributed by atoms with Crippen LogP contribution >= 0.6 is 0 Å². The molecule has 1 aromatic carbocycles. The number of hydrogen-bond acceptors (Lipinski definition) is 3. The zero-order chi connectivity index (χ0) is 11.3. The Kier molecular flexibility index (Phi) is 3.79. The van der Waals surface area contributed by atoms with E-state index in [-0.39, 0.29) is 0 Å². The molecule has 6 heteroatoms. The normalized spacial score (nSPS) is 11.2. The minimum Gasteiger partial charge on any atom is -0.497 e. The van der Waals surface area contributed by atoms with Crippen molar-refractivity contribution in [2.24, 2.45) is 0 Å². The molecular formula is C9H10F3NO2. The Labute approximate surface area is 84.8 Å². The molecule has 0 aliphatic carbocycles. The third kappa shape index (κ3) is 4.55. The van der Waals surface area contributed by atoms with E-state index in [2.05, 4.69) is 10.3 Å². The predicted octanol–water partition coefficient (Wildman–Crippen LogP) is 2.60. The zero-order valence-electron chi connectivity index (χ0n) is 7.97. The second-order valence-electron chi connectivity index (χ2n) is 2.73. The van der Waals surface area contributed by atoms with Crippen molar-refractivity contribution in [3.05, 3.63) is 24.3 Å². The van der Waals surface area contributed by atoms with Crippen LogP contribution in [0.5, 0.6) is 5.75 Å². The molecular weight excluding hydrogens is 211 g/mol. The summed E-state index contributed by atoms with van der Waals surface area (Å²) in [7, 11) is 1.50. The first-order valence-corrected chi connectivity index (χ1v) is 4.10. The molecule has 0 atom stereocenters. The average Bonchev–Trinajstić information content (AvgIpc) is 2.17. The van der Waals surface area contributed by atoms with Crippen molar-refractivity contribution in [1.82, 2.24) is 0 Å². The van der Waals surface area contributed by atoms with Gasteiger partial charge in [0.05, 0.1) is 12.8 Å². The number of rotatable bonds is 4. The molecule has 84 valence electrons. The maximum absolute atomic E-state index is 11.7. The molecule has 1 rings (SSSR count). The summed E-state index contributed by atoms with van der Waals surface area (Å²) >= 11 is 0. The monoisotopic (exact) mass is 221 g/mol. The number of anilines is 1. The van der Waals surface area contributed by atoms with E-state index in [4.69, 9.17) is 4.74 Å². The van der Waals surface area contributed by atoms with Gasteiger partial charge in [-0.1, -0.05) is 0 Å². The highest BCUT2D eigenvalue weighted by molar-refractivity contribution is 5.44. The molecule has 15 heavy (non-hydrogen) atoms. The molecule has 0 radical (unpaired) electrons. The molecule has 0 aromatic heterocycles. The summed E-state index contributed by atoms with van der Waals surface area (Å²) in [6.07, 6.45) is -4.33. The summed E-state index contributed by atoms with van der Waals surface area (Å²) in [5.41, 5.74) is 2.61. The van der Waals surface area contributed by atoms with Crippen LogP contribution in [0.3, 0.4) is 0 Å². The molecule has 0 saturated heterocycles. The van der Waals surface area contributed by atoms with Gasteiger partial charge in [0.15, 0.2) is 6.61 Å². The van der Waals surface area contributed by atoms with Gasteiger partial charge in [0.1, 0.15) is 5.75 Å². The fraction of sp³-hybridized carbons (Fsp3) is 0.333. The second-order valence-corrected chi connectivity index (χ2v) is 2.73. The summed E-state index contributed by atoms with van der Waals surface area (Å²) in [6, 6.07) is 6.32. The lowest BCUT2D eigenvalue weighted by molar-refractivity contribution is -0.167. The number of halogens is 3. The Balaban J connectivity index is 2.38. The van der Waals surface area contributed by atoms with Crippen LogP contribution in [-0.2, 0) is 4.84 Å². The van der Waals surface area contributed by atoms with Gasteiger partial charge in [0, 0.05) is 0 Å². The lowest BCUT2D eigenvalue weighted by Crippen LogP contribution is -2.19. The molecule has 0 amide bonds. The van der Waals surface area contributed by atoms with Gasteiger partial charge in [-0.05, 0) is 24.3 Å². The SMILES string of the molecule is COc1ccc(NOCC(F)(F)F)cc1. The minimum atomic E-state index is -4.33. The van der Waals surface area contributed by atoms with E-state index in [0.717, 1.165) is 0 Å². The standard InChI is InChI=1S/C9H10F3NO2/c1-14-8-4-2-7(3-5-8)13-15-6-9(10,11)12/h2-5,13H,6H2,1H3. The van der Waals surface area contributed by atoms with Crippen molar-refractivity contribution < 1.29 is 22.7 Å². The quantitative estimate of drug-likeness (QED) is 0.792. The highest BCUT2D eigenvalue weighted by Crippen LogP contribution is 2.17. The Hall–Kier alpha value is -1.43. The van der Waals surface area contributed by atoms with E-state index in [1.807, 2.05) is 0 Å². The topological polar surface area (TPSA) is 30.5 Å². The Morgan fingerprint density at radius 2 is 1.80 bits per heavy atom. The van der Waals surface area contributed by atoms with Crippen molar-refractivity contribution in [1.29, 1.82) is 0 Å². The molecule has 1 N–H and O–H groups in total. The third-order valence-electron chi connectivity index (χ3n) is 1.52. The van der Waals surface area contributed by atoms with E-state index in [0.29, 0.717) is 11.4 Å². The molecule has 0 aliphatic heterocycles.